The first-order chi connectivity index (χ1) is 16.1. The zero-order valence-corrected chi connectivity index (χ0v) is 21.6. The van der Waals surface area contributed by atoms with E-state index in [-0.39, 0.29) is 18.4 Å². The molecule has 0 aliphatic heterocycles. The molecule has 2 rings (SSSR count). The molecule has 1 N–H and O–H groups in total. The molecular weight excluding hydrogens is 450 g/mol. The smallest absolute Gasteiger partial charge is 0.244 e. The maximum absolute atomic E-state index is 13.6. The highest BCUT2D eigenvalue weighted by Crippen LogP contribution is 2.29. The molecule has 0 fully saturated rings. The Kier molecular flexibility index (Phi) is 10.1. The Morgan fingerprint density at radius 3 is 2.15 bits per heavy atom. The van der Waals surface area contributed by atoms with Gasteiger partial charge in [-0.25, -0.2) is 8.42 Å². The first-order valence-corrected chi connectivity index (χ1v) is 13.6. The molecule has 0 aliphatic rings. The van der Waals surface area contributed by atoms with E-state index in [0.29, 0.717) is 31.6 Å². The standard InChI is InChI=1S/C26H37N3O4S/c1-6-23(26(31)27-7-2)28(18-17-21-13-9-8-10-14-21)25(30)19-29(34(5,32)33)24-16-12-11-15-22(24)20(3)4/h8-16,20,23H,6-7,17-19H2,1-5H3,(H,27,31). The van der Waals surface area contributed by atoms with Gasteiger partial charge in [-0.05, 0) is 42.9 Å². The van der Waals surface area contributed by atoms with Crippen molar-refractivity contribution < 1.29 is 18.0 Å². The molecule has 0 heterocycles. The topological polar surface area (TPSA) is 86.8 Å². The van der Waals surface area contributed by atoms with Crippen molar-refractivity contribution in [2.24, 2.45) is 0 Å². The zero-order valence-electron chi connectivity index (χ0n) is 20.8. The maximum atomic E-state index is 13.6. The van der Waals surface area contributed by atoms with Crippen LogP contribution in [0.2, 0.25) is 0 Å². The number of hydrogen-bond acceptors (Lipinski definition) is 4. The Labute approximate surface area is 204 Å². The van der Waals surface area contributed by atoms with Crippen molar-refractivity contribution >= 4 is 27.5 Å². The largest absolute Gasteiger partial charge is 0.355 e. The highest BCUT2D eigenvalue weighted by atomic mass is 32.2. The van der Waals surface area contributed by atoms with Crippen LogP contribution < -0.4 is 9.62 Å². The quantitative estimate of drug-likeness (QED) is 0.496. The number of benzene rings is 2. The number of carbonyl (C=O) groups is 2. The fourth-order valence-electron chi connectivity index (χ4n) is 3.99. The lowest BCUT2D eigenvalue weighted by Crippen LogP contribution is -2.53. The van der Waals surface area contributed by atoms with E-state index in [9.17, 15) is 18.0 Å². The Balaban J connectivity index is 2.41. The van der Waals surface area contributed by atoms with Crippen molar-refractivity contribution in [2.45, 2.75) is 52.5 Å². The molecule has 1 atom stereocenters. The number of anilines is 1. The molecule has 8 heteroatoms. The van der Waals surface area contributed by atoms with Crippen LogP contribution in [0.4, 0.5) is 5.69 Å². The molecule has 0 spiro atoms. The third kappa shape index (κ3) is 7.32. The Morgan fingerprint density at radius 2 is 1.59 bits per heavy atom. The van der Waals surface area contributed by atoms with Crippen LogP contribution in [-0.4, -0.2) is 57.1 Å². The van der Waals surface area contributed by atoms with Crippen molar-refractivity contribution in [1.82, 2.24) is 10.2 Å². The van der Waals surface area contributed by atoms with Crippen LogP contribution in [0.3, 0.4) is 0 Å². The van der Waals surface area contributed by atoms with Crippen LogP contribution in [0.25, 0.3) is 0 Å². The van der Waals surface area contributed by atoms with Crippen LogP contribution in [0, 0.1) is 0 Å². The molecule has 7 nitrogen and oxygen atoms in total. The molecule has 1 unspecified atom stereocenters. The summed E-state index contributed by atoms with van der Waals surface area (Å²) in [5.41, 5.74) is 2.37. The van der Waals surface area contributed by atoms with Gasteiger partial charge < -0.3 is 10.2 Å². The normalized spacial score (nSPS) is 12.3. The number of amides is 2. The highest BCUT2D eigenvalue weighted by molar-refractivity contribution is 7.92. The van der Waals surface area contributed by atoms with E-state index in [4.69, 9.17) is 0 Å². The van der Waals surface area contributed by atoms with Crippen LogP contribution in [0.15, 0.2) is 54.6 Å². The number of sulfonamides is 1. The number of nitrogens with one attached hydrogen (secondary N) is 1. The number of rotatable bonds is 12. The van der Waals surface area contributed by atoms with E-state index in [1.165, 1.54) is 4.90 Å². The predicted molar refractivity (Wildman–Crippen MR) is 137 cm³/mol. The van der Waals surface area contributed by atoms with Crippen molar-refractivity contribution in [3.63, 3.8) is 0 Å². The van der Waals surface area contributed by atoms with E-state index in [1.54, 1.807) is 12.1 Å². The van der Waals surface area contributed by atoms with Gasteiger partial charge in [-0.3, -0.25) is 13.9 Å². The highest BCUT2D eigenvalue weighted by Gasteiger charge is 2.32. The van der Waals surface area contributed by atoms with E-state index in [0.717, 1.165) is 21.7 Å². The fraction of sp³-hybridized carbons (Fsp3) is 0.462. The van der Waals surface area contributed by atoms with Gasteiger partial charge >= 0.3 is 0 Å². The third-order valence-corrected chi connectivity index (χ3v) is 6.85. The summed E-state index contributed by atoms with van der Waals surface area (Å²) in [6.07, 6.45) is 2.09. The van der Waals surface area contributed by atoms with Crippen molar-refractivity contribution in [3.05, 3.63) is 65.7 Å². The Hall–Kier alpha value is -2.87. The minimum Gasteiger partial charge on any atom is -0.355 e. The second-order valence-electron chi connectivity index (χ2n) is 8.62. The lowest BCUT2D eigenvalue weighted by Gasteiger charge is -2.33. The molecule has 0 radical (unpaired) electrons. The van der Waals surface area contributed by atoms with Crippen LogP contribution in [0.5, 0.6) is 0 Å². The first kappa shape index (κ1) is 27.4. The number of nitrogens with zero attached hydrogens (tertiary/aromatic N) is 2. The second kappa shape index (κ2) is 12.6. The molecule has 186 valence electrons. The summed E-state index contributed by atoms with van der Waals surface area (Å²) in [5.74, 6) is -0.568. The van der Waals surface area contributed by atoms with Gasteiger partial charge in [-0.15, -0.1) is 0 Å². The van der Waals surface area contributed by atoms with E-state index in [1.807, 2.05) is 70.2 Å². The SMILES string of the molecule is CCNC(=O)C(CC)N(CCc1ccccc1)C(=O)CN(c1ccccc1C(C)C)S(C)(=O)=O. The molecule has 0 bridgehead atoms. The second-order valence-corrected chi connectivity index (χ2v) is 10.5. The zero-order chi connectivity index (χ0) is 25.3. The molecule has 0 aromatic heterocycles. The van der Waals surface area contributed by atoms with Gasteiger partial charge in [0.25, 0.3) is 0 Å². The average molecular weight is 488 g/mol. The van der Waals surface area contributed by atoms with Gasteiger partial charge in [0.05, 0.1) is 11.9 Å². The maximum Gasteiger partial charge on any atom is 0.244 e. The van der Waals surface area contributed by atoms with Crippen LogP contribution >= 0.6 is 0 Å². The van der Waals surface area contributed by atoms with Crippen molar-refractivity contribution in [3.8, 4) is 0 Å². The number of carbonyl (C=O) groups excluding carboxylic acids is 2. The lowest BCUT2D eigenvalue weighted by atomic mass is 10.0. The molecular formula is C26H37N3O4S. The average Bonchev–Trinajstić information content (AvgIpc) is 2.80. The molecule has 0 saturated carbocycles. The van der Waals surface area contributed by atoms with E-state index in [2.05, 4.69) is 5.32 Å². The van der Waals surface area contributed by atoms with E-state index < -0.39 is 22.0 Å². The van der Waals surface area contributed by atoms with Crippen molar-refractivity contribution in [1.29, 1.82) is 0 Å². The summed E-state index contributed by atoms with van der Waals surface area (Å²) in [4.78, 5) is 27.9. The summed E-state index contributed by atoms with van der Waals surface area (Å²) in [6, 6.07) is 16.3. The van der Waals surface area contributed by atoms with Gasteiger partial charge in [0.15, 0.2) is 0 Å². The molecule has 2 amide bonds. The lowest BCUT2D eigenvalue weighted by molar-refractivity contribution is -0.139. The molecule has 2 aromatic carbocycles. The number of para-hydroxylation sites is 1. The monoisotopic (exact) mass is 487 g/mol. The Morgan fingerprint density at radius 1 is 0.971 bits per heavy atom. The Bertz CT molecular complexity index is 1050. The minimum absolute atomic E-state index is 0.0726. The van der Waals surface area contributed by atoms with Gasteiger partial charge in [-0.2, -0.15) is 0 Å². The first-order valence-electron chi connectivity index (χ1n) is 11.8. The number of hydrogen-bond donors (Lipinski definition) is 1. The number of likely N-dealkylation sites (N-methyl/N-ethyl adjacent to an activating group) is 1. The van der Waals surface area contributed by atoms with Crippen LogP contribution in [-0.2, 0) is 26.0 Å². The predicted octanol–water partition coefficient (Wildman–Crippen LogP) is 3.56. The fourth-order valence-corrected chi connectivity index (χ4v) is 4.85. The van der Waals surface area contributed by atoms with Crippen molar-refractivity contribution in [2.75, 3.05) is 30.2 Å². The molecule has 34 heavy (non-hydrogen) atoms. The molecule has 2 aromatic rings. The van der Waals surface area contributed by atoms with Gasteiger partial charge in [0.2, 0.25) is 21.8 Å². The summed E-state index contributed by atoms with van der Waals surface area (Å²) in [6.45, 7) is 8.04. The minimum atomic E-state index is -3.75. The molecule has 0 aliphatic carbocycles. The summed E-state index contributed by atoms with van der Waals surface area (Å²) < 4.78 is 26.7. The van der Waals surface area contributed by atoms with Gasteiger partial charge in [-0.1, -0.05) is 69.3 Å². The van der Waals surface area contributed by atoms with Crippen LogP contribution in [0.1, 0.15) is 51.2 Å². The van der Waals surface area contributed by atoms with Gasteiger partial charge in [0.1, 0.15) is 12.6 Å². The van der Waals surface area contributed by atoms with E-state index >= 15 is 0 Å². The summed E-state index contributed by atoms with van der Waals surface area (Å²) in [7, 11) is -3.75. The summed E-state index contributed by atoms with van der Waals surface area (Å²) >= 11 is 0. The summed E-state index contributed by atoms with van der Waals surface area (Å²) in [5, 5.41) is 2.80. The molecule has 0 saturated heterocycles. The third-order valence-electron chi connectivity index (χ3n) is 5.73. The van der Waals surface area contributed by atoms with Gasteiger partial charge in [0, 0.05) is 13.1 Å².